The molecule has 5 nitrogen and oxygen atoms in total. The van der Waals surface area contributed by atoms with Crippen LogP contribution in [0.1, 0.15) is 36.8 Å². The number of anilines is 1. The number of aryl methyl sites for hydroxylation is 1. The molecule has 0 spiro atoms. The summed E-state index contributed by atoms with van der Waals surface area (Å²) in [6.07, 6.45) is 2.57. The largest absolute Gasteiger partial charge is 0.357 e. The number of hydrogen-bond donors (Lipinski definition) is 3. The molecule has 1 atom stereocenters. The van der Waals surface area contributed by atoms with Crippen molar-refractivity contribution in [2.24, 2.45) is 4.99 Å². The number of nitrogens with zero attached hydrogens (tertiary/aromatic N) is 1. The van der Waals surface area contributed by atoms with Gasteiger partial charge in [0, 0.05) is 31.1 Å². The third-order valence-electron chi connectivity index (χ3n) is 4.70. The Morgan fingerprint density at radius 2 is 1.89 bits per heavy atom. The van der Waals surface area contributed by atoms with E-state index >= 15 is 0 Å². The molecule has 1 unspecified atom stereocenters. The molecule has 2 aromatic rings. The molecule has 1 aliphatic heterocycles. The highest BCUT2D eigenvalue weighted by molar-refractivity contribution is 5.94. The minimum Gasteiger partial charge on any atom is -0.357 e. The summed E-state index contributed by atoms with van der Waals surface area (Å²) in [5.74, 6) is 0.999. The van der Waals surface area contributed by atoms with Crippen molar-refractivity contribution in [3.8, 4) is 0 Å². The van der Waals surface area contributed by atoms with Crippen molar-refractivity contribution in [3.63, 3.8) is 0 Å². The number of amides is 1. The highest BCUT2D eigenvalue weighted by Crippen LogP contribution is 2.31. The lowest BCUT2D eigenvalue weighted by atomic mass is 9.91. The van der Waals surface area contributed by atoms with E-state index in [4.69, 9.17) is 4.99 Å². The van der Waals surface area contributed by atoms with Crippen LogP contribution in [0.4, 0.5) is 5.69 Å². The molecule has 1 aliphatic rings. The average molecular weight is 364 g/mol. The van der Waals surface area contributed by atoms with Crippen LogP contribution in [0.15, 0.2) is 59.6 Å². The smallest absolute Gasteiger partial charge is 0.225 e. The zero-order valence-electron chi connectivity index (χ0n) is 15.9. The number of para-hydroxylation sites is 1. The summed E-state index contributed by atoms with van der Waals surface area (Å²) in [4.78, 5) is 16.7. The highest BCUT2D eigenvalue weighted by Gasteiger charge is 2.24. The van der Waals surface area contributed by atoms with Gasteiger partial charge >= 0.3 is 0 Å². The Morgan fingerprint density at radius 1 is 1.11 bits per heavy atom. The Morgan fingerprint density at radius 3 is 2.70 bits per heavy atom. The number of hydrogen-bond acceptors (Lipinski definition) is 2. The van der Waals surface area contributed by atoms with E-state index in [-0.39, 0.29) is 11.8 Å². The second-order valence-electron chi connectivity index (χ2n) is 6.77. The predicted molar refractivity (Wildman–Crippen MR) is 111 cm³/mol. The number of benzene rings is 2. The number of carbonyl (C=O) groups excluding carboxylic acids is 1. The van der Waals surface area contributed by atoms with Crippen LogP contribution in [0.2, 0.25) is 0 Å². The maximum absolute atomic E-state index is 12.0. The van der Waals surface area contributed by atoms with Gasteiger partial charge in [0.15, 0.2) is 5.96 Å². The van der Waals surface area contributed by atoms with Gasteiger partial charge in [0.05, 0.1) is 6.54 Å². The summed E-state index contributed by atoms with van der Waals surface area (Å²) in [5.41, 5.74) is 3.43. The first-order valence-electron chi connectivity index (χ1n) is 9.71. The van der Waals surface area contributed by atoms with Crippen LogP contribution in [-0.2, 0) is 11.2 Å². The molecule has 1 heterocycles. The van der Waals surface area contributed by atoms with E-state index in [0.29, 0.717) is 13.0 Å². The Kier molecular flexibility index (Phi) is 6.85. The first kappa shape index (κ1) is 19.0. The van der Waals surface area contributed by atoms with Gasteiger partial charge in [-0.15, -0.1) is 0 Å². The predicted octanol–water partition coefficient (Wildman–Crippen LogP) is 3.30. The number of fused-ring (bicyclic) bond motifs is 1. The van der Waals surface area contributed by atoms with Crippen molar-refractivity contribution in [2.45, 2.75) is 32.1 Å². The molecule has 3 rings (SSSR count). The van der Waals surface area contributed by atoms with Gasteiger partial charge in [-0.1, -0.05) is 48.5 Å². The molecule has 1 amide bonds. The van der Waals surface area contributed by atoms with Crippen LogP contribution in [0, 0.1) is 0 Å². The molecule has 0 saturated carbocycles. The summed E-state index contributed by atoms with van der Waals surface area (Å²) in [6, 6.07) is 18.5. The molecule has 0 bridgehead atoms. The molecule has 0 radical (unpaired) electrons. The van der Waals surface area contributed by atoms with Gasteiger partial charge in [-0.25, -0.2) is 0 Å². The van der Waals surface area contributed by atoms with Crippen molar-refractivity contribution in [1.82, 2.24) is 10.6 Å². The molecular formula is C22H28N4O. The van der Waals surface area contributed by atoms with E-state index < -0.39 is 0 Å². The van der Waals surface area contributed by atoms with Crippen LogP contribution in [-0.4, -0.2) is 31.5 Å². The standard InChI is InChI=1S/C22H28N4O/c1-2-23-22(24-14-8-11-17-9-4-3-5-10-17)25-16-18-15-21(27)26-20-13-7-6-12-19(18)20/h3-7,9-10,12-13,18H,2,8,11,14-16H2,1H3,(H,26,27)(H2,23,24,25). The molecule has 2 aromatic carbocycles. The number of rotatable bonds is 7. The topological polar surface area (TPSA) is 65.5 Å². The van der Waals surface area contributed by atoms with Gasteiger partial charge in [-0.3, -0.25) is 9.79 Å². The van der Waals surface area contributed by atoms with Crippen LogP contribution >= 0.6 is 0 Å². The zero-order valence-corrected chi connectivity index (χ0v) is 15.9. The summed E-state index contributed by atoms with van der Waals surface area (Å²) in [7, 11) is 0. The van der Waals surface area contributed by atoms with Gasteiger partial charge < -0.3 is 16.0 Å². The van der Waals surface area contributed by atoms with Crippen molar-refractivity contribution in [2.75, 3.05) is 25.0 Å². The molecule has 0 saturated heterocycles. The molecular weight excluding hydrogens is 336 g/mol. The monoisotopic (exact) mass is 364 g/mol. The Bertz CT molecular complexity index is 773. The second-order valence-corrected chi connectivity index (χ2v) is 6.77. The third kappa shape index (κ3) is 5.58. The second kappa shape index (κ2) is 9.76. The van der Waals surface area contributed by atoms with E-state index in [9.17, 15) is 4.79 Å². The first-order chi connectivity index (χ1) is 13.3. The van der Waals surface area contributed by atoms with Gasteiger partial charge in [-0.2, -0.15) is 0 Å². The van der Waals surface area contributed by atoms with E-state index in [1.54, 1.807) is 0 Å². The summed E-state index contributed by atoms with van der Waals surface area (Å²) in [5, 5.41) is 9.64. The Hall–Kier alpha value is -2.82. The fourth-order valence-electron chi connectivity index (χ4n) is 3.35. The van der Waals surface area contributed by atoms with Crippen LogP contribution in [0.3, 0.4) is 0 Å². The maximum Gasteiger partial charge on any atom is 0.225 e. The van der Waals surface area contributed by atoms with Gasteiger partial charge in [0.25, 0.3) is 0 Å². The van der Waals surface area contributed by atoms with Crippen molar-refractivity contribution < 1.29 is 4.79 Å². The summed E-state index contributed by atoms with van der Waals surface area (Å²) < 4.78 is 0. The van der Waals surface area contributed by atoms with E-state index in [1.807, 2.05) is 24.3 Å². The number of carbonyl (C=O) groups is 1. The molecule has 142 valence electrons. The van der Waals surface area contributed by atoms with Crippen molar-refractivity contribution in [3.05, 3.63) is 65.7 Å². The highest BCUT2D eigenvalue weighted by atomic mass is 16.1. The maximum atomic E-state index is 12.0. The van der Waals surface area contributed by atoms with Crippen LogP contribution < -0.4 is 16.0 Å². The van der Waals surface area contributed by atoms with E-state index in [1.165, 1.54) is 11.1 Å². The zero-order chi connectivity index (χ0) is 18.9. The van der Waals surface area contributed by atoms with E-state index in [0.717, 1.165) is 37.6 Å². The summed E-state index contributed by atoms with van der Waals surface area (Å²) >= 11 is 0. The van der Waals surface area contributed by atoms with Gasteiger partial charge in [-0.05, 0) is 37.0 Å². The first-order valence-corrected chi connectivity index (χ1v) is 9.71. The number of guanidine groups is 1. The lowest BCUT2D eigenvalue weighted by Crippen LogP contribution is -2.38. The van der Waals surface area contributed by atoms with Crippen molar-refractivity contribution in [1.29, 1.82) is 0 Å². The number of aliphatic imine (C=N–C) groups is 1. The normalized spacial score (nSPS) is 16.4. The van der Waals surface area contributed by atoms with Gasteiger partial charge in [0.2, 0.25) is 5.91 Å². The quantitative estimate of drug-likeness (QED) is 0.401. The molecule has 27 heavy (non-hydrogen) atoms. The van der Waals surface area contributed by atoms with Gasteiger partial charge in [0.1, 0.15) is 0 Å². The number of nitrogens with one attached hydrogen (secondary N) is 3. The average Bonchev–Trinajstić information content (AvgIpc) is 2.69. The van der Waals surface area contributed by atoms with Crippen molar-refractivity contribution >= 4 is 17.6 Å². The molecule has 0 fully saturated rings. The Balaban J connectivity index is 1.55. The third-order valence-corrected chi connectivity index (χ3v) is 4.70. The minimum atomic E-state index is 0.0646. The fraction of sp³-hybridized carbons (Fsp3) is 0.364. The van der Waals surface area contributed by atoms with Crippen LogP contribution in [0.25, 0.3) is 0 Å². The SMILES string of the molecule is CCNC(=NCC1CC(=O)Nc2ccccc21)NCCCc1ccccc1. The molecule has 0 aromatic heterocycles. The van der Waals surface area contributed by atoms with Crippen LogP contribution in [0.5, 0.6) is 0 Å². The lowest BCUT2D eigenvalue weighted by molar-refractivity contribution is -0.116. The fourth-order valence-corrected chi connectivity index (χ4v) is 3.35. The molecule has 0 aliphatic carbocycles. The molecule has 5 heteroatoms. The molecule has 3 N–H and O–H groups in total. The minimum absolute atomic E-state index is 0.0646. The Labute approximate surface area is 161 Å². The lowest BCUT2D eigenvalue weighted by Gasteiger charge is -2.24. The summed E-state index contributed by atoms with van der Waals surface area (Å²) in [6.45, 7) is 4.33. The van der Waals surface area contributed by atoms with E-state index in [2.05, 4.69) is 53.2 Å².